The molecule has 27 heavy (non-hydrogen) atoms. The largest absolute Gasteiger partial charge is 0.355 e. The van der Waals surface area contributed by atoms with E-state index >= 15 is 0 Å². The highest BCUT2D eigenvalue weighted by Crippen LogP contribution is 2.37. The van der Waals surface area contributed by atoms with E-state index in [4.69, 9.17) is 0 Å². The standard InChI is InChI=1S/C21H30N4OS/c1-14-10-16(21(3,4)5)11-15(2)18(14)8-9-22-19(26)12-27-20-24-23-13-25(20)17-6-7-17/h10-11,13,17H,6-9,12H2,1-5H3,(H,22,26). The number of nitrogens with one attached hydrogen (secondary N) is 1. The van der Waals surface area contributed by atoms with Crippen molar-refractivity contribution in [3.05, 3.63) is 40.7 Å². The quantitative estimate of drug-likeness (QED) is 0.731. The van der Waals surface area contributed by atoms with Gasteiger partial charge in [0.05, 0.1) is 5.75 Å². The van der Waals surface area contributed by atoms with Crippen LogP contribution in [0.25, 0.3) is 0 Å². The highest BCUT2D eigenvalue weighted by Gasteiger charge is 2.26. The number of rotatable bonds is 7. The summed E-state index contributed by atoms with van der Waals surface area (Å²) in [4.78, 5) is 12.2. The Kier molecular flexibility index (Phi) is 5.94. The molecule has 0 unspecified atom stereocenters. The minimum Gasteiger partial charge on any atom is -0.355 e. The zero-order valence-corrected chi connectivity index (χ0v) is 17.8. The van der Waals surface area contributed by atoms with Crippen LogP contribution in [0.2, 0.25) is 0 Å². The Hall–Kier alpha value is -1.82. The van der Waals surface area contributed by atoms with Crippen molar-refractivity contribution < 1.29 is 4.79 Å². The Morgan fingerprint density at radius 2 is 1.93 bits per heavy atom. The maximum atomic E-state index is 12.2. The second kappa shape index (κ2) is 8.05. The number of carbonyl (C=O) groups excluding carboxylic acids is 1. The summed E-state index contributed by atoms with van der Waals surface area (Å²) < 4.78 is 2.08. The van der Waals surface area contributed by atoms with Crippen LogP contribution in [-0.4, -0.2) is 33.0 Å². The molecule has 146 valence electrons. The van der Waals surface area contributed by atoms with Crippen molar-refractivity contribution in [2.75, 3.05) is 12.3 Å². The Balaban J connectivity index is 1.49. The van der Waals surface area contributed by atoms with E-state index < -0.39 is 0 Å². The number of amides is 1. The van der Waals surface area contributed by atoms with E-state index in [0.29, 0.717) is 18.3 Å². The monoisotopic (exact) mass is 386 g/mol. The number of nitrogens with zero attached hydrogens (tertiary/aromatic N) is 3. The Morgan fingerprint density at radius 1 is 1.26 bits per heavy atom. The molecule has 0 saturated heterocycles. The lowest BCUT2D eigenvalue weighted by molar-refractivity contribution is -0.118. The normalized spacial score (nSPS) is 14.4. The van der Waals surface area contributed by atoms with Crippen molar-refractivity contribution in [2.24, 2.45) is 0 Å². The summed E-state index contributed by atoms with van der Waals surface area (Å²) in [6.07, 6.45) is 5.00. The molecular weight excluding hydrogens is 356 g/mol. The summed E-state index contributed by atoms with van der Waals surface area (Å²) in [6, 6.07) is 5.10. The molecule has 0 aliphatic heterocycles. The van der Waals surface area contributed by atoms with E-state index in [1.54, 1.807) is 6.33 Å². The first-order valence-electron chi connectivity index (χ1n) is 9.65. The highest BCUT2D eigenvalue weighted by atomic mass is 32.2. The number of hydrogen-bond donors (Lipinski definition) is 1. The molecule has 5 nitrogen and oxygen atoms in total. The van der Waals surface area contributed by atoms with Gasteiger partial charge in [-0.3, -0.25) is 4.79 Å². The van der Waals surface area contributed by atoms with Gasteiger partial charge < -0.3 is 9.88 Å². The first kappa shape index (κ1) is 19.9. The van der Waals surface area contributed by atoms with Crippen molar-refractivity contribution in [2.45, 2.75) is 70.5 Å². The third kappa shape index (κ3) is 5.12. The topological polar surface area (TPSA) is 59.8 Å². The zero-order chi connectivity index (χ0) is 19.6. The minimum absolute atomic E-state index is 0.0481. The molecule has 1 aliphatic carbocycles. The molecule has 3 rings (SSSR count). The van der Waals surface area contributed by atoms with Gasteiger partial charge in [-0.1, -0.05) is 44.7 Å². The van der Waals surface area contributed by atoms with Gasteiger partial charge in [0.15, 0.2) is 5.16 Å². The van der Waals surface area contributed by atoms with Gasteiger partial charge in [0, 0.05) is 12.6 Å². The van der Waals surface area contributed by atoms with Gasteiger partial charge in [0.25, 0.3) is 0 Å². The highest BCUT2D eigenvalue weighted by molar-refractivity contribution is 7.99. The van der Waals surface area contributed by atoms with Gasteiger partial charge in [-0.15, -0.1) is 10.2 Å². The third-order valence-corrected chi connectivity index (χ3v) is 6.03. The predicted octanol–water partition coefficient (Wildman–Crippen LogP) is 3.98. The summed E-state index contributed by atoms with van der Waals surface area (Å²) in [5.41, 5.74) is 5.47. The lowest BCUT2D eigenvalue weighted by Gasteiger charge is -2.22. The van der Waals surface area contributed by atoms with E-state index in [1.807, 2.05) is 0 Å². The molecule has 0 atom stereocenters. The van der Waals surface area contributed by atoms with Gasteiger partial charge in [-0.05, 0) is 60.8 Å². The lowest BCUT2D eigenvalue weighted by atomic mass is 9.83. The number of hydrogen-bond acceptors (Lipinski definition) is 4. The molecule has 1 fully saturated rings. The molecule has 1 aliphatic rings. The SMILES string of the molecule is Cc1cc(C(C)(C)C)cc(C)c1CCNC(=O)CSc1nncn1C1CC1. The van der Waals surface area contributed by atoms with Gasteiger partial charge in [0.1, 0.15) is 6.33 Å². The second-order valence-corrected chi connectivity index (χ2v) is 9.42. The number of aryl methyl sites for hydroxylation is 2. The van der Waals surface area contributed by atoms with Crippen LogP contribution in [0.4, 0.5) is 0 Å². The van der Waals surface area contributed by atoms with E-state index in [2.05, 4.69) is 66.8 Å². The first-order valence-corrected chi connectivity index (χ1v) is 10.6. The molecule has 0 bridgehead atoms. The minimum atomic E-state index is 0.0481. The first-order chi connectivity index (χ1) is 12.8. The molecular formula is C21H30N4OS. The predicted molar refractivity (Wildman–Crippen MR) is 110 cm³/mol. The fourth-order valence-corrected chi connectivity index (χ4v) is 4.08. The smallest absolute Gasteiger partial charge is 0.230 e. The summed E-state index contributed by atoms with van der Waals surface area (Å²) in [6.45, 7) is 11.7. The Labute approximate surface area is 166 Å². The van der Waals surface area contributed by atoms with Crippen LogP contribution in [0.3, 0.4) is 0 Å². The van der Waals surface area contributed by atoms with Crippen LogP contribution in [0.1, 0.15) is 61.9 Å². The number of carbonyl (C=O) groups is 1. The van der Waals surface area contributed by atoms with Crippen molar-refractivity contribution in [1.82, 2.24) is 20.1 Å². The lowest BCUT2D eigenvalue weighted by Crippen LogP contribution is -2.27. The van der Waals surface area contributed by atoms with Gasteiger partial charge in [0.2, 0.25) is 5.91 Å². The maximum Gasteiger partial charge on any atom is 0.230 e. The van der Waals surface area contributed by atoms with Crippen LogP contribution in [0, 0.1) is 13.8 Å². The molecule has 0 spiro atoms. The average molecular weight is 387 g/mol. The molecule has 1 aromatic heterocycles. The van der Waals surface area contributed by atoms with Crippen LogP contribution in [0.15, 0.2) is 23.6 Å². The van der Waals surface area contributed by atoms with Gasteiger partial charge in [-0.25, -0.2) is 0 Å². The van der Waals surface area contributed by atoms with Crippen LogP contribution in [0.5, 0.6) is 0 Å². The van der Waals surface area contributed by atoms with Crippen molar-refractivity contribution in [1.29, 1.82) is 0 Å². The van der Waals surface area contributed by atoms with Crippen LogP contribution in [-0.2, 0) is 16.6 Å². The maximum absolute atomic E-state index is 12.2. The average Bonchev–Trinajstić information content (AvgIpc) is 3.32. The van der Waals surface area contributed by atoms with E-state index in [9.17, 15) is 4.79 Å². The fourth-order valence-electron chi connectivity index (χ4n) is 3.27. The fraction of sp³-hybridized carbons (Fsp3) is 0.571. The Morgan fingerprint density at radius 3 is 2.52 bits per heavy atom. The van der Waals surface area contributed by atoms with E-state index in [1.165, 1.54) is 46.9 Å². The number of benzene rings is 1. The summed E-state index contributed by atoms with van der Waals surface area (Å²) in [5, 5.41) is 12.0. The molecule has 1 N–H and O–H groups in total. The Bertz CT molecular complexity index is 795. The van der Waals surface area contributed by atoms with Crippen molar-refractivity contribution in [3.63, 3.8) is 0 Å². The molecule has 1 aromatic carbocycles. The zero-order valence-electron chi connectivity index (χ0n) is 17.0. The van der Waals surface area contributed by atoms with Crippen LogP contribution < -0.4 is 5.32 Å². The van der Waals surface area contributed by atoms with Crippen LogP contribution >= 0.6 is 11.8 Å². The van der Waals surface area contributed by atoms with Crippen molar-refractivity contribution in [3.8, 4) is 0 Å². The van der Waals surface area contributed by atoms with Gasteiger partial charge >= 0.3 is 0 Å². The van der Waals surface area contributed by atoms with Gasteiger partial charge in [-0.2, -0.15) is 0 Å². The summed E-state index contributed by atoms with van der Waals surface area (Å²) in [7, 11) is 0. The second-order valence-electron chi connectivity index (χ2n) is 8.48. The summed E-state index contributed by atoms with van der Waals surface area (Å²) in [5.74, 6) is 0.429. The number of aromatic nitrogens is 3. The molecule has 0 radical (unpaired) electrons. The molecule has 1 heterocycles. The molecule has 2 aromatic rings. The molecule has 6 heteroatoms. The third-order valence-electron chi connectivity index (χ3n) is 5.07. The number of thioether (sulfide) groups is 1. The molecule has 1 amide bonds. The van der Waals surface area contributed by atoms with E-state index in [0.717, 1.165) is 11.6 Å². The van der Waals surface area contributed by atoms with Crippen molar-refractivity contribution >= 4 is 17.7 Å². The molecule has 1 saturated carbocycles. The summed E-state index contributed by atoms with van der Waals surface area (Å²) >= 11 is 1.46. The van der Waals surface area contributed by atoms with E-state index in [-0.39, 0.29) is 11.3 Å².